The lowest BCUT2D eigenvalue weighted by molar-refractivity contribution is -0.161. The van der Waals surface area contributed by atoms with Crippen molar-refractivity contribution >= 4 is 17.7 Å². The topological polar surface area (TPSA) is 59.2 Å². The summed E-state index contributed by atoms with van der Waals surface area (Å²) in [5.41, 5.74) is -1.20. The van der Waals surface area contributed by atoms with Gasteiger partial charge in [-0.05, 0) is 18.2 Å². The van der Waals surface area contributed by atoms with Gasteiger partial charge in [0.05, 0.1) is 18.6 Å². The minimum Gasteiger partial charge on any atom is -0.467 e. The van der Waals surface area contributed by atoms with Crippen LogP contribution in [0.1, 0.15) is 11.5 Å². The van der Waals surface area contributed by atoms with E-state index in [2.05, 4.69) is 9.97 Å². The van der Waals surface area contributed by atoms with E-state index in [9.17, 15) is 31.1 Å². The molecule has 12 heteroatoms. The van der Waals surface area contributed by atoms with Gasteiger partial charge in [0, 0.05) is 6.20 Å². The van der Waals surface area contributed by atoms with Crippen LogP contribution in [0.5, 0.6) is 0 Å². The van der Waals surface area contributed by atoms with E-state index in [0.717, 1.165) is 6.20 Å². The summed E-state index contributed by atoms with van der Waals surface area (Å²) in [7, 11) is 0. The van der Waals surface area contributed by atoms with Crippen LogP contribution in [0.4, 0.5) is 26.3 Å². The SMILES string of the molecule is O=C(CSc1nccc(C(F)(F)F)n1)N(Cc1ccco1)CC(F)(F)F. The van der Waals surface area contributed by atoms with Gasteiger partial charge in [-0.15, -0.1) is 0 Å². The average Bonchev–Trinajstić information content (AvgIpc) is 3.03. The second kappa shape index (κ2) is 7.98. The standard InChI is InChI=1S/C14H11F6N3O2S/c15-13(16,17)8-23(6-9-2-1-5-25-9)11(24)7-26-12-21-4-3-10(22-12)14(18,19)20/h1-5H,6-8H2. The van der Waals surface area contributed by atoms with Gasteiger partial charge >= 0.3 is 12.4 Å². The van der Waals surface area contributed by atoms with E-state index in [1.54, 1.807) is 0 Å². The zero-order chi connectivity index (χ0) is 19.4. The normalized spacial score (nSPS) is 12.2. The number of carbonyl (C=O) groups is 1. The van der Waals surface area contributed by atoms with E-state index in [4.69, 9.17) is 4.42 Å². The van der Waals surface area contributed by atoms with Crippen LogP contribution in [0, 0.1) is 0 Å². The van der Waals surface area contributed by atoms with Gasteiger partial charge in [-0.1, -0.05) is 11.8 Å². The van der Waals surface area contributed by atoms with Crippen molar-refractivity contribution in [2.75, 3.05) is 12.3 Å². The van der Waals surface area contributed by atoms with E-state index in [1.807, 2.05) is 0 Å². The number of amides is 1. The molecular formula is C14H11F6N3O2S. The lowest BCUT2D eigenvalue weighted by Crippen LogP contribution is -2.39. The van der Waals surface area contributed by atoms with Gasteiger partial charge in [-0.25, -0.2) is 9.97 Å². The van der Waals surface area contributed by atoms with Crippen LogP contribution in [-0.4, -0.2) is 39.2 Å². The van der Waals surface area contributed by atoms with Crippen molar-refractivity contribution in [3.05, 3.63) is 42.1 Å². The maximum Gasteiger partial charge on any atom is 0.433 e. The Bertz CT molecular complexity index is 733. The molecule has 5 nitrogen and oxygen atoms in total. The van der Waals surface area contributed by atoms with Gasteiger partial charge in [0.25, 0.3) is 0 Å². The van der Waals surface area contributed by atoms with Gasteiger partial charge in [0.1, 0.15) is 18.0 Å². The van der Waals surface area contributed by atoms with Crippen LogP contribution >= 0.6 is 11.8 Å². The fourth-order valence-electron chi connectivity index (χ4n) is 1.83. The van der Waals surface area contributed by atoms with Crippen molar-refractivity contribution in [1.82, 2.24) is 14.9 Å². The van der Waals surface area contributed by atoms with E-state index in [1.165, 1.54) is 18.4 Å². The van der Waals surface area contributed by atoms with Gasteiger partial charge < -0.3 is 9.32 Å². The van der Waals surface area contributed by atoms with Crippen LogP contribution in [0.3, 0.4) is 0 Å². The van der Waals surface area contributed by atoms with Crippen LogP contribution in [0.25, 0.3) is 0 Å². The number of halogens is 6. The number of hydrogen-bond donors (Lipinski definition) is 0. The van der Waals surface area contributed by atoms with Crippen molar-refractivity contribution in [2.24, 2.45) is 0 Å². The molecule has 0 saturated carbocycles. The first-order valence-corrected chi connectivity index (χ1v) is 7.93. The molecule has 0 aliphatic rings. The first kappa shape index (κ1) is 20.1. The monoisotopic (exact) mass is 399 g/mol. The van der Waals surface area contributed by atoms with E-state index in [-0.39, 0.29) is 10.9 Å². The molecule has 0 saturated heterocycles. The van der Waals surface area contributed by atoms with Crippen molar-refractivity contribution in [2.45, 2.75) is 24.1 Å². The fraction of sp³-hybridized carbons (Fsp3) is 0.357. The predicted octanol–water partition coefficient (Wildman–Crippen LogP) is 3.77. The Hall–Kier alpha value is -2.24. The number of furan rings is 1. The third-order valence-electron chi connectivity index (χ3n) is 2.90. The Morgan fingerprint density at radius 3 is 2.50 bits per heavy atom. The molecule has 0 radical (unpaired) electrons. The highest BCUT2D eigenvalue weighted by atomic mass is 32.2. The number of rotatable bonds is 6. The predicted molar refractivity (Wildman–Crippen MR) is 77.9 cm³/mol. The largest absolute Gasteiger partial charge is 0.467 e. The highest BCUT2D eigenvalue weighted by molar-refractivity contribution is 7.99. The summed E-state index contributed by atoms with van der Waals surface area (Å²) in [5.74, 6) is -1.36. The minimum absolute atomic E-state index is 0.142. The second-order valence-electron chi connectivity index (χ2n) is 4.96. The Morgan fingerprint density at radius 2 is 1.92 bits per heavy atom. The van der Waals surface area contributed by atoms with Gasteiger partial charge in [-0.2, -0.15) is 26.3 Å². The molecule has 2 rings (SSSR count). The van der Waals surface area contributed by atoms with Gasteiger partial charge in [0.15, 0.2) is 5.16 Å². The van der Waals surface area contributed by atoms with Crippen LogP contribution in [-0.2, 0) is 17.5 Å². The van der Waals surface area contributed by atoms with E-state index >= 15 is 0 Å². The molecule has 0 aromatic carbocycles. The maximum absolute atomic E-state index is 12.7. The molecule has 142 valence electrons. The number of aromatic nitrogens is 2. The van der Waals surface area contributed by atoms with Gasteiger partial charge in [0.2, 0.25) is 5.91 Å². The first-order chi connectivity index (χ1) is 12.0. The number of alkyl halides is 6. The summed E-state index contributed by atoms with van der Waals surface area (Å²) < 4.78 is 80.7. The molecular weight excluding hydrogens is 388 g/mol. The second-order valence-corrected chi connectivity index (χ2v) is 5.90. The van der Waals surface area contributed by atoms with E-state index in [0.29, 0.717) is 22.7 Å². The van der Waals surface area contributed by atoms with Crippen LogP contribution < -0.4 is 0 Å². The smallest absolute Gasteiger partial charge is 0.433 e. The highest BCUT2D eigenvalue weighted by Gasteiger charge is 2.34. The molecule has 0 spiro atoms. The summed E-state index contributed by atoms with van der Waals surface area (Å²) in [6.07, 6.45) is -7.22. The van der Waals surface area contributed by atoms with Crippen molar-refractivity contribution in [3.8, 4) is 0 Å². The Balaban J connectivity index is 2.04. The molecule has 0 aliphatic carbocycles. The van der Waals surface area contributed by atoms with Crippen LogP contribution in [0.15, 0.2) is 40.2 Å². The number of thioether (sulfide) groups is 1. The van der Waals surface area contributed by atoms with Gasteiger partial charge in [-0.3, -0.25) is 4.79 Å². The lowest BCUT2D eigenvalue weighted by atomic mass is 10.3. The highest BCUT2D eigenvalue weighted by Crippen LogP contribution is 2.28. The molecule has 0 atom stereocenters. The summed E-state index contributed by atoms with van der Waals surface area (Å²) in [6.45, 7) is -1.94. The average molecular weight is 399 g/mol. The zero-order valence-corrected chi connectivity index (χ0v) is 13.7. The number of hydrogen-bond acceptors (Lipinski definition) is 5. The molecule has 0 N–H and O–H groups in total. The maximum atomic E-state index is 12.7. The molecule has 2 aromatic rings. The summed E-state index contributed by atoms with van der Waals surface area (Å²) in [4.78, 5) is 19.4. The molecule has 2 aromatic heterocycles. The van der Waals surface area contributed by atoms with Crippen molar-refractivity contribution in [1.29, 1.82) is 0 Å². The summed E-state index contributed by atoms with van der Waals surface area (Å²) >= 11 is 0.514. The summed E-state index contributed by atoms with van der Waals surface area (Å²) in [6, 6.07) is 3.51. The Morgan fingerprint density at radius 1 is 1.19 bits per heavy atom. The quantitative estimate of drug-likeness (QED) is 0.421. The number of carbonyl (C=O) groups excluding carboxylic acids is 1. The fourth-order valence-corrected chi connectivity index (χ4v) is 2.56. The summed E-state index contributed by atoms with van der Waals surface area (Å²) in [5, 5.41) is -0.363. The molecule has 0 aliphatic heterocycles. The van der Waals surface area contributed by atoms with E-state index < -0.39 is 42.8 Å². The molecule has 0 bridgehead atoms. The molecule has 0 fully saturated rings. The van der Waals surface area contributed by atoms with Crippen molar-refractivity contribution in [3.63, 3.8) is 0 Å². The molecule has 1 amide bonds. The lowest BCUT2D eigenvalue weighted by Gasteiger charge is -2.22. The Kier molecular flexibility index (Phi) is 6.16. The minimum atomic E-state index is -4.69. The third-order valence-corrected chi connectivity index (χ3v) is 3.74. The molecule has 26 heavy (non-hydrogen) atoms. The first-order valence-electron chi connectivity index (χ1n) is 6.94. The third kappa shape index (κ3) is 6.24. The zero-order valence-electron chi connectivity index (χ0n) is 12.8. The van der Waals surface area contributed by atoms with Crippen LogP contribution in [0.2, 0.25) is 0 Å². The molecule has 2 heterocycles. The molecule has 0 unspecified atom stereocenters. The Labute approximate surface area is 147 Å². The number of nitrogens with zero attached hydrogens (tertiary/aromatic N) is 3. The van der Waals surface area contributed by atoms with Crippen molar-refractivity contribution < 1.29 is 35.6 Å².